The summed E-state index contributed by atoms with van der Waals surface area (Å²) in [6, 6.07) is 9.91. The number of carboxylic acid groups (broad SMARTS) is 1. The molecule has 1 aliphatic heterocycles. The van der Waals surface area contributed by atoms with Crippen LogP contribution in [0.1, 0.15) is 45.6 Å². The number of carboxylic acids is 1. The second kappa shape index (κ2) is 8.97. The van der Waals surface area contributed by atoms with Gasteiger partial charge in [0.25, 0.3) is 5.79 Å². The second-order valence-electron chi connectivity index (χ2n) is 6.52. The fraction of sp³-hybridized carbons (Fsp3) is 0.579. The summed E-state index contributed by atoms with van der Waals surface area (Å²) < 4.78 is 10.9. The van der Waals surface area contributed by atoms with Crippen LogP contribution in [0, 0.1) is 5.92 Å². The highest BCUT2D eigenvalue weighted by molar-refractivity contribution is 5.98. The number of oxime groups is 1. The predicted octanol–water partition coefficient (Wildman–Crippen LogP) is 3.45. The number of ether oxygens (including phenoxy) is 2. The highest BCUT2D eigenvalue weighted by Gasteiger charge is 2.43. The number of benzene rings is 1. The first kappa shape index (κ1) is 19.4. The maximum Gasteiger partial charge on any atom is 0.364 e. The smallest absolute Gasteiger partial charge is 0.364 e. The van der Waals surface area contributed by atoms with Crippen LogP contribution in [-0.4, -0.2) is 41.9 Å². The molecule has 2 rings (SSSR count). The van der Waals surface area contributed by atoms with E-state index in [1.54, 1.807) is 0 Å². The summed E-state index contributed by atoms with van der Waals surface area (Å²) in [7, 11) is 0. The predicted molar refractivity (Wildman–Crippen MR) is 94.5 cm³/mol. The van der Waals surface area contributed by atoms with E-state index < -0.39 is 11.8 Å². The van der Waals surface area contributed by atoms with E-state index in [0.29, 0.717) is 13.2 Å². The number of hydrogen-bond donors (Lipinski definition) is 1. The van der Waals surface area contributed by atoms with E-state index in [1.807, 2.05) is 44.2 Å². The third-order valence-electron chi connectivity index (χ3n) is 4.49. The first-order valence-electron chi connectivity index (χ1n) is 8.69. The number of unbranched alkanes of at least 4 members (excludes halogenated alkanes) is 1. The van der Waals surface area contributed by atoms with Crippen molar-refractivity contribution >= 4 is 11.7 Å². The van der Waals surface area contributed by atoms with Crippen molar-refractivity contribution in [2.24, 2.45) is 11.1 Å². The Labute approximate surface area is 148 Å². The van der Waals surface area contributed by atoms with Gasteiger partial charge in [0.05, 0.1) is 18.4 Å². The molecule has 3 unspecified atom stereocenters. The maximum atomic E-state index is 11.1. The molecule has 0 aliphatic carbocycles. The Morgan fingerprint density at radius 2 is 2.08 bits per heavy atom. The summed E-state index contributed by atoms with van der Waals surface area (Å²) in [5.74, 6) is -2.41. The van der Waals surface area contributed by atoms with E-state index in [1.165, 1.54) is 6.92 Å². The van der Waals surface area contributed by atoms with Crippen LogP contribution in [0.4, 0.5) is 0 Å². The molecular formula is C19H27NO5. The largest absolute Gasteiger partial charge is 0.477 e. The van der Waals surface area contributed by atoms with Gasteiger partial charge in [0.2, 0.25) is 0 Å². The van der Waals surface area contributed by atoms with Crippen molar-refractivity contribution in [1.82, 2.24) is 0 Å². The van der Waals surface area contributed by atoms with E-state index in [9.17, 15) is 4.79 Å². The van der Waals surface area contributed by atoms with Crippen molar-refractivity contribution in [2.45, 2.75) is 51.9 Å². The van der Waals surface area contributed by atoms with Gasteiger partial charge in [-0.05, 0) is 38.7 Å². The van der Waals surface area contributed by atoms with Crippen LogP contribution in [0.2, 0.25) is 0 Å². The van der Waals surface area contributed by atoms with E-state index in [0.717, 1.165) is 30.5 Å². The van der Waals surface area contributed by atoms with Crippen LogP contribution in [0.5, 0.6) is 0 Å². The molecule has 1 N–H and O–H groups in total. The van der Waals surface area contributed by atoms with Crippen LogP contribution in [0.15, 0.2) is 35.5 Å². The maximum absolute atomic E-state index is 11.1. The highest BCUT2D eigenvalue weighted by Crippen LogP contribution is 2.29. The summed E-state index contributed by atoms with van der Waals surface area (Å²) in [6.07, 6.45) is 2.59. The summed E-state index contributed by atoms with van der Waals surface area (Å²) in [6.45, 7) is 6.23. The Bertz CT molecular complexity index is 589. The normalized spacial score (nSPS) is 27.1. The Balaban J connectivity index is 1.64. The van der Waals surface area contributed by atoms with Crippen molar-refractivity contribution in [2.75, 3.05) is 13.2 Å². The highest BCUT2D eigenvalue weighted by atomic mass is 16.7. The number of aliphatic carboxylic acids is 1. The van der Waals surface area contributed by atoms with Crippen molar-refractivity contribution in [3.63, 3.8) is 0 Å². The molecule has 1 aromatic carbocycles. The lowest BCUT2D eigenvalue weighted by molar-refractivity contribution is -0.292. The Kier molecular flexibility index (Phi) is 6.96. The fourth-order valence-electron chi connectivity index (χ4n) is 2.76. The molecule has 1 aliphatic rings. The summed E-state index contributed by atoms with van der Waals surface area (Å²) in [4.78, 5) is 16.5. The number of hydrogen-bond acceptors (Lipinski definition) is 5. The van der Waals surface area contributed by atoms with Crippen LogP contribution < -0.4 is 0 Å². The average Bonchev–Trinajstić information content (AvgIpc) is 2.60. The molecule has 138 valence electrons. The molecule has 0 saturated carbocycles. The van der Waals surface area contributed by atoms with Gasteiger partial charge in [0.15, 0.2) is 0 Å². The summed E-state index contributed by atoms with van der Waals surface area (Å²) in [5.41, 5.74) is 1.91. The first-order valence-corrected chi connectivity index (χ1v) is 8.69. The molecule has 1 heterocycles. The van der Waals surface area contributed by atoms with Gasteiger partial charge in [-0.3, -0.25) is 0 Å². The molecule has 0 amide bonds. The van der Waals surface area contributed by atoms with Gasteiger partial charge in [-0.15, -0.1) is 0 Å². The molecule has 1 aromatic rings. The van der Waals surface area contributed by atoms with Crippen molar-refractivity contribution in [3.05, 3.63) is 35.9 Å². The third kappa shape index (κ3) is 5.54. The molecule has 0 spiro atoms. The van der Waals surface area contributed by atoms with Gasteiger partial charge in [-0.2, -0.15) is 0 Å². The molecular weight excluding hydrogens is 322 g/mol. The fourth-order valence-corrected chi connectivity index (χ4v) is 2.76. The van der Waals surface area contributed by atoms with Crippen LogP contribution in [0.3, 0.4) is 0 Å². The third-order valence-corrected chi connectivity index (χ3v) is 4.49. The zero-order chi connectivity index (χ0) is 18.3. The lowest BCUT2D eigenvalue weighted by Crippen LogP contribution is -2.51. The van der Waals surface area contributed by atoms with E-state index in [2.05, 4.69) is 5.16 Å². The molecule has 0 radical (unpaired) electrons. The Hall–Kier alpha value is -1.92. The molecule has 25 heavy (non-hydrogen) atoms. The lowest BCUT2D eigenvalue weighted by Gasteiger charge is -2.39. The van der Waals surface area contributed by atoms with E-state index in [4.69, 9.17) is 19.4 Å². The van der Waals surface area contributed by atoms with Crippen LogP contribution in [-0.2, 0) is 19.1 Å². The van der Waals surface area contributed by atoms with E-state index in [-0.39, 0.29) is 12.0 Å². The van der Waals surface area contributed by atoms with Crippen LogP contribution >= 0.6 is 0 Å². The first-order chi connectivity index (χ1) is 11.9. The molecule has 1 saturated heterocycles. The second-order valence-corrected chi connectivity index (χ2v) is 6.52. The number of rotatable bonds is 8. The zero-order valence-corrected chi connectivity index (χ0v) is 15.1. The van der Waals surface area contributed by atoms with Crippen molar-refractivity contribution in [1.29, 1.82) is 0 Å². The quantitative estimate of drug-likeness (QED) is 0.442. The Morgan fingerprint density at radius 3 is 2.72 bits per heavy atom. The average molecular weight is 349 g/mol. The molecule has 0 aromatic heterocycles. The van der Waals surface area contributed by atoms with E-state index >= 15 is 0 Å². The molecule has 1 fully saturated rings. The molecule has 0 bridgehead atoms. The molecule has 3 atom stereocenters. The SMILES string of the molecule is CC(=NOCCCCC1COC(C)(C(=O)O)OC1C)c1ccccc1. The minimum absolute atomic E-state index is 0.144. The van der Waals surface area contributed by atoms with Crippen molar-refractivity contribution in [3.8, 4) is 0 Å². The number of nitrogens with zero attached hydrogens (tertiary/aromatic N) is 1. The van der Waals surface area contributed by atoms with Crippen molar-refractivity contribution < 1.29 is 24.2 Å². The van der Waals surface area contributed by atoms with Gasteiger partial charge < -0.3 is 19.4 Å². The zero-order valence-electron chi connectivity index (χ0n) is 15.1. The lowest BCUT2D eigenvalue weighted by atomic mass is 9.96. The minimum Gasteiger partial charge on any atom is -0.477 e. The Morgan fingerprint density at radius 1 is 1.36 bits per heavy atom. The monoisotopic (exact) mass is 349 g/mol. The molecule has 6 nitrogen and oxygen atoms in total. The molecule has 6 heteroatoms. The summed E-state index contributed by atoms with van der Waals surface area (Å²) in [5, 5.41) is 13.3. The van der Waals surface area contributed by atoms with Gasteiger partial charge in [0.1, 0.15) is 6.61 Å². The van der Waals surface area contributed by atoms with Gasteiger partial charge >= 0.3 is 5.97 Å². The van der Waals surface area contributed by atoms with Crippen LogP contribution in [0.25, 0.3) is 0 Å². The van der Waals surface area contributed by atoms with Gasteiger partial charge in [0, 0.05) is 12.8 Å². The number of carbonyl (C=O) groups is 1. The van der Waals surface area contributed by atoms with Gasteiger partial charge in [-0.1, -0.05) is 35.5 Å². The minimum atomic E-state index is -1.53. The summed E-state index contributed by atoms with van der Waals surface area (Å²) >= 11 is 0. The van der Waals surface area contributed by atoms with Gasteiger partial charge in [-0.25, -0.2) is 4.79 Å². The topological polar surface area (TPSA) is 77.4 Å². The standard InChI is InChI=1S/C19H27NO5/c1-14(16-9-5-4-6-10-16)20-24-12-8-7-11-17-13-23-19(3,18(21)22)25-15(17)2/h4-6,9-10,15,17H,7-8,11-13H2,1-3H3,(H,21,22).